The van der Waals surface area contributed by atoms with Crippen molar-refractivity contribution >= 4 is 32.6 Å². The molecule has 92 valence electrons. The van der Waals surface area contributed by atoms with Gasteiger partial charge in [0.05, 0.1) is 0 Å². The van der Waals surface area contributed by atoms with Gasteiger partial charge in [0, 0.05) is 39.0 Å². The van der Waals surface area contributed by atoms with E-state index in [4.69, 9.17) is 0 Å². The Kier molecular flexibility index (Phi) is 4.28. The van der Waals surface area contributed by atoms with Crippen molar-refractivity contribution in [1.82, 2.24) is 10.3 Å². The second-order valence-corrected chi connectivity index (χ2v) is 6.57. The summed E-state index contributed by atoms with van der Waals surface area (Å²) in [5, 5.41) is 2.92. The van der Waals surface area contributed by atoms with Crippen LogP contribution in [0.15, 0.2) is 22.8 Å². The highest BCUT2D eigenvalue weighted by molar-refractivity contribution is 9.10. The highest BCUT2D eigenvalue weighted by Crippen LogP contribution is 2.11. The van der Waals surface area contributed by atoms with Gasteiger partial charge in [-0.3, -0.25) is 9.00 Å². The number of hydrogen-bond acceptors (Lipinski definition) is 3. The number of carbonyl (C=O) groups is 1. The van der Waals surface area contributed by atoms with Gasteiger partial charge in [-0.15, -0.1) is 0 Å². The summed E-state index contributed by atoms with van der Waals surface area (Å²) in [6.07, 6.45) is 3.18. The van der Waals surface area contributed by atoms with Crippen molar-refractivity contribution in [1.29, 1.82) is 0 Å². The quantitative estimate of drug-likeness (QED) is 0.899. The fourth-order valence-corrected chi connectivity index (χ4v) is 3.24. The molecule has 17 heavy (non-hydrogen) atoms. The molecule has 0 saturated carbocycles. The van der Waals surface area contributed by atoms with Crippen LogP contribution in [0, 0.1) is 0 Å². The van der Waals surface area contributed by atoms with E-state index in [1.54, 1.807) is 18.3 Å². The zero-order valence-electron chi connectivity index (χ0n) is 9.19. The summed E-state index contributed by atoms with van der Waals surface area (Å²) < 4.78 is 12.0. The van der Waals surface area contributed by atoms with Gasteiger partial charge in [-0.2, -0.15) is 0 Å². The van der Waals surface area contributed by atoms with Crippen LogP contribution in [0.2, 0.25) is 0 Å². The molecule has 0 spiro atoms. The Morgan fingerprint density at radius 1 is 1.41 bits per heavy atom. The molecule has 1 aliphatic rings. The highest BCUT2D eigenvalue weighted by Gasteiger charge is 2.20. The van der Waals surface area contributed by atoms with Crippen LogP contribution in [0.5, 0.6) is 0 Å². The molecule has 6 heteroatoms. The Morgan fingerprint density at radius 3 is 2.71 bits per heavy atom. The molecule has 1 N–H and O–H groups in total. The van der Waals surface area contributed by atoms with Crippen LogP contribution in [-0.2, 0) is 10.8 Å². The molecular weight excluding hydrogens is 304 g/mol. The van der Waals surface area contributed by atoms with Crippen molar-refractivity contribution in [3.8, 4) is 0 Å². The lowest BCUT2D eigenvalue weighted by atomic mass is 10.1. The topological polar surface area (TPSA) is 59.1 Å². The van der Waals surface area contributed by atoms with Crippen LogP contribution in [0.4, 0.5) is 0 Å². The standard InChI is InChI=1S/C11H13BrN2O2S/c12-8-1-2-10(13-7-8)11(15)14-9-3-5-17(16)6-4-9/h1-2,7,9H,3-6H2,(H,14,15). The van der Waals surface area contributed by atoms with E-state index in [1.165, 1.54) is 0 Å². The van der Waals surface area contributed by atoms with E-state index in [0.717, 1.165) is 17.3 Å². The maximum atomic E-state index is 11.8. The second kappa shape index (κ2) is 5.73. The van der Waals surface area contributed by atoms with E-state index >= 15 is 0 Å². The summed E-state index contributed by atoms with van der Waals surface area (Å²) in [5.41, 5.74) is 0.417. The lowest BCUT2D eigenvalue weighted by Crippen LogP contribution is -2.39. The minimum atomic E-state index is -0.696. The lowest BCUT2D eigenvalue weighted by molar-refractivity contribution is 0.0929. The van der Waals surface area contributed by atoms with Crippen LogP contribution in [0.3, 0.4) is 0 Å². The van der Waals surface area contributed by atoms with Crippen molar-refractivity contribution in [2.75, 3.05) is 11.5 Å². The molecule has 0 atom stereocenters. The second-order valence-electron chi connectivity index (χ2n) is 3.96. The first-order valence-corrected chi connectivity index (χ1v) is 7.70. The Hall–Kier alpha value is -0.750. The highest BCUT2D eigenvalue weighted by atomic mass is 79.9. The normalized spacial score (nSPS) is 24.3. The molecule has 1 fully saturated rings. The molecule has 2 heterocycles. The monoisotopic (exact) mass is 316 g/mol. The molecule has 1 aromatic heterocycles. The Morgan fingerprint density at radius 2 is 2.12 bits per heavy atom. The van der Waals surface area contributed by atoms with E-state index < -0.39 is 10.8 Å². The van der Waals surface area contributed by atoms with Gasteiger partial charge in [0.25, 0.3) is 5.91 Å². The number of nitrogens with one attached hydrogen (secondary N) is 1. The van der Waals surface area contributed by atoms with Gasteiger partial charge in [0.1, 0.15) is 5.69 Å². The summed E-state index contributed by atoms with van der Waals surface area (Å²) in [4.78, 5) is 15.9. The Labute approximate surface area is 111 Å². The predicted octanol–water partition coefficient (Wildman–Crippen LogP) is 1.48. The van der Waals surface area contributed by atoms with Gasteiger partial charge < -0.3 is 5.32 Å². The fraction of sp³-hybridized carbons (Fsp3) is 0.455. The Balaban J connectivity index is 1.93. The summed E-state index contributed by atoms with van der Waals surface area (Å²) in [6, 6.07) is 3.60. The molecule has 0 radical (unpaired) electrons. The minimum absolute atomic E-state index is 0.130. The maximum Gasteiger partial charge on any atom is 0.270 e. The van der Waals surface area contributed by atoms with Crippen molar-refractivity contribution in [3.05, 3.63) is 28.5 Å². The van der Waals surface area contributed by atoms with E-state index in [1.807, 2.05) is 0 Å². The number of amides is 1. The zero-order chi connectivity index (χ0) is 12.3. The molecule has 0 aliphatic carbocycles. The number of hydrogen-bond donors (Lipinski definition) is 1. The van der Waals surface area contributed by atoms with Crippen LogP contribution in [0.25, 0.3) is 0 Å². The number of aromatic nitrogens is 1. The smallest absolute Gasteiger partial charge is 0.270 e. The molecule has 0 bridgehead atoms. The van der Waals surface area contributed by atoms with Gasteiger partial charge in [0.15, 0.2) is 0 Å². The fourth-order valence-electron chi connectivity index (χ4n) is 1.71. The molecule has 0 unspecified atom stereocenters. The SMILES string of the molecule is O=C(NC1CCS(=O)CC1)c1ccc(Br)cn1. The van der Waals surface area contributed by atoms with Gasteiger partial charge in [-0.25, -0.2) is 4.98 Å². The third-order valence-corrected chi connectivity index (χ3v) is 4.53. The van der Waals surface area contributed by atoms with E-state index in [0.29, 0.717) is 17.2 Å². The largest absolute Gasteiger partial charge is 0.348 e. The van der Waals surface area contributed by atoms with E-state index in [-0.39, 0.29) is 11.9 Å². The number of carbonyl (C=O) groups excluding carboxylic acids is 1. The molecule has 1 aliphatic heterocycles. The van der Waals surface area contributed by atoms with E-state index in [9.17, 15) is 9.00 Å². The molecule has 0 aromatic carbocycles. The number of pyridine rings is 1. The van der Waals surface area contributed by atoms with Crippen LogP contribution in [0.1, 0.15) is 23.3 Å². The van der Waals surface area contributed by atoms with Gasteiger partial charge in [0.2, 0.25) is 0 Å². The third-order valence-electron chi connectivity index (χ3n) is 2.68. The van der Waals surface area contributed by atoms with Gasteiger partial charge >= 0.3 is 0 Å². The zero-order valence-corrected chi connectivity index (χ0v) is 11.6. The predicted molar refractivity (Wildman–Crippen MR) is 70.3 cm³/mol. The third kappa shape index (κ3) is 3.61. The molecular formula is C11H13BrN2O2S. The number of nitrogens with zero attached hydrogens (tertiary/aromatic N) is 1. The van der Waals surface area contributed by atoms with Gasteiger partial charge in [-0.05, 0) is 40.9 Å². The van der Waals surface area contributed by atoms with E-state index in [2.05, 4.69) is 26.2 Å². The molecule has 4 nitrogen and oxygen atoms in total. The maximum absolute atomic E-state index is 11.8. The lowest BCUT2D eigenvalue weighted by Gasteiger charge is -2.22. The first-order chi connectivity index (χ1) is 8.15. The average molecular weight is 317 g/mol. The number of rotatable bonds is 2. The first-order valence-electron chi connectivity index (χ1n) is 5.42. The van der Waals surface area contributed by atoms with Crippen LogP contribution in [-0.4, -0.2) is 32.6 Å². The summed E-state index contributed by atoms with van der Waals surface area (Å²) in [6.45, 7) is 0. The van der Waals surface area contributed by atoms with Crippen molar-refractivity contribution in [3.63, 3.8) is 0 Å². The molecule has 1 saturated heterocycles. The average Bonchev–Trinajstić information content (AvgIpc) is 2.33. The first kappa shape index (κ1) is 12.7. The minimum Gasteiger partial charge on any atom is -0.348 e. The van der Waals surface area contributed by atoms with Crippen LogP contribution >= 0.6 is 15.9 Å². The van der Waals surface area contributed by atoms with Crippen molar-refractivity contribution in [2.45, 2.75) is 18.9 Å². The number of halogens is 1. The van der Waals surface area contributed by atoms with Gasteiger partial charge in [-0.1, -0.05) is 0 Å². The van der Waals surface area contributed by atoms with Crippen molar-refractivity contribution < 1.29 is 9.00 Å². The Bertz CT molecular complexity index is 426. The summed E-state index contributed by atoms with van der Waals surface area (Å²) >= 11 is 3.27. The van der Waals surface area contributed by atoms with Crippen LogP contribution < -0.4 is 5.32 Å². The molecule has 1 aromatic rings. The summed E-state index contributed by atoms with van der Waals surface area (Å²) in [7, 11) is -0.696. The summed E-state index contributed by atoms with van der Waals surface area (Å²) in [5.74, 6) is 1.20. The van der Waals surface area contributed by atoms with Crippen molar-refractivity contribution in [2.24, 2.45) is 0 Å². The molecule has 1 amide bonds. The molecule has 2 rings (SSSR count).